The van der Waals surface area contributed by atoms with Crippen LogP contribution in [-0.4, -0.2) is 46.6 Å². The number of aliphatic carboxylic acids is 1. The van der Waals surface area contributed by atoms with Gasteiger partial charge in [0.2, 0.25) is 0 Å². The second-order valence-electron chi connectivity index (χ2n) is 3.93. The average Bonchev–Trinajstić information content (AvgIpc) is 2.85. The van der Waals surface area contributed by atoms with Gasteiger partial charge in [-0.2, -0.15) is 9.40 Å². The summed E-state index contributed by atoms with van der Waals surface area (Å²) in [5.41, 5.74) is 0. The molecule has 0 bridgehead atoms. The van der Waals surface area contributed by atoms with Crippen LogP contribution in [0.15, 0.2) is 17.3 Å². The van der Waals surface area contributed by atoms with Gasteiger partial charge < -0.3 is 5.11 Å². The van der Waals surface area contributed by atoms with Crippen LogP contribution in [0, 0.1) is 0 Å². The van der Waals surface area contributed by atoms with E-state index in [0.717, 1.165) is 0 Å². The minimum Gasteiger partial charge on any atom is -0.481 e. The third-order valence-corrected chi connectivity index (χ3v) is 4.68. The first-order chi connectivity index (χ1) is 8.01. The van der Waals surface area contributed by atoms with E-state index in [1.54, 1.807) is 0 Å². The van der Waals surface area contributed by atoms with Crippen molar-refractivity contribution in [2.24, 2.45) is 0 Å². The maximum Gasteiger partial charge on any atom is 0.304 e. The number of aromatic nitrogens is 2. The molecule has 1 saturated heterocycles. The molecule has 1 aromatic rings. The number of sulfonamides is 1. The summed E-state index contributed by atoms with van der Waals surface area (Å²) >= 11 is 0. The van der Waals surface area contributed by atoms with Crippen LogP contribution in [-0.2, 0) is 14.8 Å². The number of hydrogen-bond acceptors (Lipinski definition) is 4. The van der Waals surface area contributed by atoms with E-state index in [2.05, 4.69) is 10.2 Å². The first kappa shape index (κ1) is 12.1. The normalized spacial score (nSPS) is 21.8. The summed E-state index contributed by atoms with van der Waals surface area (Å²) in [6.45, 7) is 0.360. The Labute approximate surface area is 98.5 Å². The van der Waals surface area contributed by atoms with Crippen molar-refractivity contribution < 1.29 is 18.3 Å². The van der Waals surface area contributed by atoms with Gasteiger partial charge in [0.05, 0.1) is 12.6 Å². The number of carboxylic acids is 1. The van der Waals surface area contributed by atoms with Crippen LogP contribution in [0.1, 0.15) is 19.3 Å². The van der Waals surface area contributed by atoms with E-state index in [0.29, 0.717) is 19.4 Å². The molecule has 94 valence electrons. The van der Waals surface area contributed by atoms with Crippen molar-refractivity contribution in [3.05, 3.63) is 12.3 Å². The molecule has 0 aromatic carbocycles. The molecule has 2 rings (SSSR count). The van der Waals surface area contributed by atoms with Gasteiger partial charge in [0.25, 0.3) is 10.0 Å². The number of carbonyl (C=O) groups is 1. The van der Waals surface area contributed by atoms with Crippen LogP contribution < -0.4 is 0 Å². The van der Waals surface area contributed by atoms with E-state index >= 15 is 0 Å². The van der Waals surface area contributed by atoms with Crippen molar-refractivity contribution in [2.75, 3.05) is 6.54 Å². The van der Waals surface area contributed by atoms with E-state index in [9.17, 15) is 13.2 Å². The number of hydrogen-bond donors (Lipinski definition) is 2. The number of rotatable bonds is 4. The van der Waals surface area contributed by atoms with Crippen LogP contribution in [0.25, 0.3) is 0 Å². The second kappa shape index (κ2) is 4.46. The van der Waals surface area contributed by atoms with Crippen molar-refractivity contribution in [3.8, 4) is 0 Å². The number of aromatic amines is 1. The van der Waals surface area contributed by atoms with Gasteiger partial charge in [0, 0.05) is 12.6 Å². The van der Waals surface area contributed by atoms with Crippen LogP contribution in [0.3, 0.4) is 0 Å². The second-order valence-corrected chi connectivity index (χ2v) is 5.79. The molecule has 8 heteroatoms. The van der Waals surface area contributed by atoms with Crippen molar-refractivity contribution in [1.82, 2.24) is 14.5 Å². The van der Waals surface area contributed by atoms with Crippen molar-refractivity contribution >= 4 is 16.0 Å². The molecule has 0 radical (unpaired) electrons. The van der Waals surface area contributed by atoms with Crippen LogP contribution >= 0.6 is 0 Å². The first-order valence-corrected chi connectivity index (χ1v) is 6.69. The van der Waals surface area contributed by atoms with E-state index in [-0.39, 0.29) is 11.4 Å². The third kappa shape index (κ3) is 2.32. The fourth-order valence-corrected chi connectivity index (χ4v) is 3.64. The molecular weight excluding hydrogens is 246 g/mol. The Morgan fingerprint density at radius 3 is 3.00 bits per heavy atom. The van der Waals surface area contributed by atoms with Crippen LogP contribution in [0.5, 0.6) is 0 Å². The molecule has 2 heterocycles. The summed E-state index contributed by atoms with van der Waals surface area (Å²) < 4.78 is 25.5. The molecule has 1 aliphatic rings. The van der Waals surface area contributed by atoms with Crippen LogP contribution in [0.4, 0.5) is 0 Å². The van der Waals surface area contributed by atoms with Gasteiger partial charge in [-0.1, -0.05) is 0 Å². The van der Waals surface area contributed by atoms with Gasteiger partial charge in [-0.05, 0) is 18.9 Å². The van der Waals surface area contributed by atoms with E-state index in [1.165, 1.54) is 16.6 Å². The molecular formula is C9H13N3O4S. The lowest BCUT2D eigenvalue weighted by Gasteiger charge is -2.21. The van der Waals surface area contributed by atoms with E-state index in [4.69, 9.17) is 5.11 Å². The molecule has 2 N–H and O–H groups in total. The molecule has 1 unspecified atom stereocenters. The molecule has 0 aliphatic carbocycles. The van der Waals surface area contributed by atoms with Gasteiger partial charge in [-0.15, -0.1) is 0 Å². The molecule has 0 saturated carbocycles. The zero-order valence-electron chi connectivity index (χ0n) is 9.04. The summed E-state index contributed by atoms with van der Waals surface area (Å²) in [4.78, 5) is 10.7. The monoisotopic (exact) mass is 259 g/mol. The maximum absolute atomic E-state index is 12.1. The highest BCUT2D eigenvalue weighted by Crippen LogP contribution is 2.26. The Kier molecular flexibility index (Phi) is 3.16. The molecule has 7 nitrogen and oxygen atoms in total. The maximum atomic E-state index is 12.1. The highest BCUT2D eigenvalue weighted by molar-refractivity contribution is 7.89. The van der Waals surface area contributed by atoms with E-state index < -0.39 is 22.0 Å². The third-order valence-electron chi connectivity index (χ3n) is 2.80. The zero-order valence-corrected chi connectivity index (χ0v) is 9.85. The lowest BCUT2D eigenvalue weighted by molar-refractivity contribution is -0.137. The SMILES string of the molecule is O=C(O)CC1CCCN1S(=O)(=O)c1ccn[nH]1. The minimum atomic E-state index is -3.64. The highest BCUT2D eigenvalue weighted by Gasteiger charge is 2.36. The Bertz CT molecular complexity index is 496. The first-order valence-electron chi connectivity index (χ1n) is 5.25. The molecule has 1 atom stereocenters. The van der Waals surface area contributed by atoms with Gasteiger partial charge in [0.15, 0.2) is 5.03 Å². The Hall–Kier alpha value is -1.41. The highest BCUT2D eigenvalue weighted by atomic mass is 32.2. The summed E-state index contributed by atoms with van der Waals surface area (Å²) in [5, 5.41) is 14.8. The van der Waals surface area contributed by atoms with Crippen molar-refractivity contribution in [3.63, 3.8) is 0 Å². The van der Waals surface area contributed by atoms with Gasteiger partial charge in [-0.3, -0.25) is 9.89 Å². The van der Waals surface area contributed by atoms with Crippen molar-refractivity contribution in [2.45, 2.75) is 30.3 Å². The summed E-state index contributed by atoms with van der Waals surface area (Å²) in [6.07, 6.45) is 2.47. The van der Waals surface area contributed by atoms with Gasteiger partial charge in [-0.25, -0.2) is 8.42 Å². The zero-order chi connectivity index (χ0) is 12.5. The molecule has 0 spiro atoms. The largest absolute Gasteiger partial charge is 0.481 e. The van der Waals surface area contributed by atoms with Crippen LogP contribution in [0.2, 0.25) is 0 Å². The number of H-pyrrole nitrogens is 1. The Balaban J connectivity index is 2.24. The molecule has 17 heavy (non-hydrogen) atoms. The minimum absolute atomic E-state index is 0.00906. The number of carboxylic acid groups (broad SMARTS) is 1. The lowest BCUT2D eigenvalue weighted by atomic mass is 10.2. The number of nitrogens with zero attached hydrogens (tertiary/aromatic N) is 2. The Morgan fingerprint density at radius 1 is 1.65 bits per heavy atom. The Morgan fingerprint density at radius 2 is 2.41 bits per heavy atom. The quantitative estimate of drug-likeness (QED) is 0.794. The lowest BCUT2D eigenvalue weighted by Crippen LogP contribution is -2.37. The molecule has 0 amide bonds. The average molecular weight is 259 g/mol. The topological polar surface area (TPSA) is 103 Å². The number of nitrogens with one attached hydrogen (secondary N) is 1. The molecule has 1 aromatic heterocycles. The summed E-state index contributed by atoms with van der Waals surface area (Å²) in [7, 11) is -3.64. The standard InChI is InChI=1S/C9H13N3O4S/c13-9(14)6-7-2-1-5-12(7)17(15,16)8-3-4-10-11-8/h3-4,7H,1-2,5-6H2,(H,10,11)(H,13,14). The molecule has 1 fully saturated rings. The smallest absolute Gasteiger partial charge is 0.304 e. The van der Waals surface area contributed by atoms with E-state index in [1.807, 2.05) is 0 Å². The summed E-state index contributed by atoms with van der Waals surface area (Å²) in [5.74, 6) is -0.985. The fourth-order valence-electron chi connectivity index (χ4n) is 2.04. The summed E-state index contributed by atoms with van der Waals surface area (Å²) in [6, 6.07) is 0.909. The molecule has 1 aliphatic heterocycles. The predicted molar refractivity (Wildman–Crippen MR) is 57.8 cm³/mol. The van der Waals surface area contributed by atoms with Gasteiger partial charge >= 0.3 is 5.97 Å². The van der Waals surface area contributed by atoms with Gasteiger partial charge in [0.1, 0.15) is 0 Å². The fraction of sp³-hybridized carbons (Fsp3) is 0.556. The predicted octanol–water partition coefficient (Wildman–Crippen LogP) is 0.0375. The van der Waals surface area contributed by atoms with Crippen molar-refractivity contribution in [1.29, 1.82) is 0 Å².